The van der Waals surface area contributed by atoms with Crippen LogP contribution >= 0.6 is 0 Å². The second kappa shape index (κ2) is 4.36. The molecular weight excluding hydrogens is 278 g/mol. The van der Waals surface area contributed by atoms with Crippen molar-refractivity contribution in [2.45, 2.75) is 39.2 Å². The average molecular weight is 297 g/mol. The minimum atomic E-state index is -1.09. The smallest absolute Gasteiger partial charge is 0.313 e. The molecule has 1 amide bonds. The summed E-state index contributed by atoms with van der Waals surface area (Å²) in [5.74, 6) is 1.99. The summed E-state index contributed by atoms with van der Waals surface area (Å²) in [5, 5.41) is 2.86. The number of ether oxygens (including phenoxy) is 1. The molecule has 2 fully saturated rings. The maximum atomic E-state index is 12.8. The van der Waals surface area contributed by atoms with Crippen molar-refractivity contribution in [1.29, 1.82) is 0 Å². The van der Waals surface area contributed by atoms with Crippen LogP contribution in [0.25, 0.3) is 0 Å². The van der Waals surface area contributed by atoms with E-state index in [1.807, 2.05) is 20.8 Å². The number of carbonyl (C=O) groups is 2. The molecule has 1 saturated carbocycles. The van der Waals surface area contributed by atoms with E-state index in [0.717, 1.165) is 5.56 Å². The third-order valence-electron chi connectivity index (χ3n) is 5.76. The third-order valence-corrected chi connectivity index (χ3v) is 5.76. The summed E-state index contributed by atoms with van der Waals surface area (Å²) in [6.45, 7) is 5.76. The number of rotatable bonds is 2. The van der Waals surface area contributed by atoms with E-state index in [1.54, 1.807) is 24.3 Å². The molecule has 1 heterocycles. The zero-order valence-electron chi connectivity index (χ0n) is 13.0. The largest absolute Gasteiger partial charge is 0.448 e. The molecule has 1 N–H and O–H groups in total. The Bertz CT molecular complexity index is 698. The van der Waals surface area contributed by atoms with E-state index in [-0.39, 0.29) is 11.9 Å². The summed E-state index contributed by atoms with van der Waals surface area (Å²) >= 11 is 0. The van der Waals surface area contributed by atoms with Gasteiger partial charge >= 0.3 is 5.97 Å². The van der Waals surface area contributed by atoms with E-state index in [0.29, 0.717) is 18.5 Å². The fourth-order valence-corrected chi connectivity index (χ4v) is 3.63. The standard InChI is InChI=1S/C18H19NO3/c1-5-12-6-8-13(9-7-12)19-14(20)18-11-10-17(4,15(21)22-18)16(18,2)3/h1,6-9H,10-11H2,2-4H3,(H,19,20)/t17-,18-/m1/s1. The van der Waals surface area contributed by atoms with Crippen molar-refractivity contribution >= 4 is 17.6 Å². The Morgan fingerprint density at radius 2 is 1.86 bits per heavy atom. The lowest BCUT2D eigenvalue weighted by Crippen LogP contribution is -2.50. The van der Waals surface area contributed by atoms with Gasteiger partial charge in [0.2, 0.25) is 0 Å². The van der Waals surface area contributed by atoms with Gasteiger partial charge in [0.05, 0.1) is 5.41 Å². The van der Waals surface area contributed by atoms with Crippen LogP contribution in [0.3, 0.4) is 0 Å². The fourth-order valence-electron chi connectivity index (χ4n) is 3.63. The highest BCUT2D eigenvalue weighted by Gasteiger charge is 2.75. The molecular formula is C18H19NO3. The summed E-state index contributed by atoms with van der Waals surface area (Å²) < 4.78 is 5.56. The van der Waals surface area contributed by atoms with Gasteiger partial charge in [0.1, 0.15) is 0 Å². The summed E-state index contributed by atoms with van der Waals surface area (Å²) in [4.78, 5) is 25.0. The van der Waals surface area contributed by atoms with Crippen LogP contribution in [0.4, 0.5) is 5.69 Å². The van der Waals surface area contributed by atoms with E-state index in [4.69, 9.17) is 11.2 Å². The molecule has 1 aliphatic carbocycles. The van der Waals surface area contributed by atoms with E-state index < -0.39 is 16.4 Å². The van der Waals surface area contributed by atoms with Crippen molar-refractivity contribution < 1.29 is 14.3 Å². The average Bonchev–Trinajstić information content (AvgIpc) is 2.78. The van der Waals surface area contributed by atoms with Crippen LogP contribution in [0.2, 0.25) is 0 Å². The molecule has 0 radical (unpaired) electrons. The van der Waals surface area contributed by atoms with E-state index >= 15 is 0 Å². The van der Waals surface area contributed by atoms with Gasteiger partial charge < -0.3 is 10.1 Å². The maximum Gasteiger partial charge on any atom is 0.313 e. The van der Waals surface area contributed by atoms with Crippen molar-refractivity contribution in [3.63, 3.8) is 0 Å². The molecule has 3 rings (SSSR count). The van der Waals surface area contributed by atoms with Gasteiger partial charge in [-0.25, -0.2) is 0 Å². The second-order valence-corrected chi connectivity index (χ2v) is 6.85. The Balaban J connectivity index is 1.89. The van der Waals surface area contributed by atoms with E-state index in [1.165, 1.54) is 0 Å². The van der Waals surface area contributed by atoms with Crippen LogP contribution in [-0.2, 0) is 14.3 Å². The Labute approximate surface area is 130 Å². The quantitative estimate of drug-likeness (QED) is 0.674. The molecule has 114 valence electrons. The first-order valence-corrected chi connectivity index (χ1v) is 7.38. The van der Waals surface area contributed by atoms with E-state index in [9.17, 15) is 9.59 Å². The van der Waals surface area contributed by atoms with Gasteiger partial charge in [0.25, 0.3) is 5.91 Å². The monoisotopic (exact) mass is 297 g/mol. The molecule has 2 bridgehead atoms. The minimum absolute atomic E-state index is 0.263. The minimum Gasteiger partial charge on any atom is -0.448 e. The zero-order chi connectivity index (χ0) is 16.2. The summed E-state index contributed by atoms with van der Waals surface area (Å²) in [6, 6.07) is 7.03. The number of hydrogen-bond acceptors (Lipinski definition) is 3. The van der Waals surface area contributed by atoms with Crippen molar-refractivity contribution in [2.75, 3.05) is 5.32 Å². The number of benzene rings is 1. The number of amides is 1. The number of hydrogen-bond donors (Lipinski definition) is 1. The van der Waals surface area contributed by atoms with Gasteiger partial charge in [0.15, 0.2) is 5.60 Å². The highest BCUT2D eigenvalue weighted by Crippen LogP contribution is 2.65. The first-order valence-electron chi connectivity index (χ1n) is 7.38. The normalized spacial score (nSPS) is 31.5. The number of fused-ring (bicyclic) bond motifs is 2. The number of esters is 1. The Hall–Kier alpha value is -2.28. The van der Waals surface area contributed by atoms with Gasteiger partial charge in [0, 0.05) is 16.7 Å². The van der Waals surface area contributed by atoms with Crippen molar-refractivity contribution in [2.24, 2.45) is 10.8 Å². The Morgan fingerprint density at radius 3 is 2.32 bits per heavy atom. The molecule has 0 spiro atoms. The summed E-state index contributed by atoms with van der Waals surface area (Å²) in [7, 11) is 0. The molecule has 0 unspecified atom stereocenters. The lowest BCUT2D eigenvalue weighted by molar-refractivity contribution is -0.165. The highest BCUT2D eigenvalue weighted by atomic mass is 16.6. The molecule has 2 aliphatic rings. The molecule has 4 nitrogen and oxygen atoms in total. The molecule has 22 heavy (non-hydrogen) atoms. The highest BCUT2D eigenvalue weighted by molar-refractivity contribution is 6.03. The predicted octanol–water partition coefficient (Wildman–Crippen LogP) is 2.73. The van der Waals surface area contributed by atoms with Crippen LogP contribution in [-0.4, -0.2) is 17.5 Å². The van der Waals surface area contributed by atoms with Crippen LogP contribution in [0, 0.1) is 23.2 Å². The van der Waals surface area contributed by atoms with Crippen LogP contribution < -0.4 is 5.32 Å². The Morgan fingerprint density at radius 1 is 1.23 bits per heavy atom. The third kappa shape index (κ3) is 1.60. The van der Waals surface area contributed by atoms with Gasteiger partial charge in [-0.1, -0.05) is 19.8 Å². The first kappa shape index (κ1) is 14.6. The van der Waals surface area contributed by atoms with Gasteiger partial charge in [-0.3, -0.25) is 9.59 Å². The topological polar surface area (TPSA) is 55.4 Å². The zero-order valence-corrected chi connectivity index (χ0v) is 13.0. The maximum absolute atomic E-state index is 12.8. The molecule has 1 saturated heterocycles. The van der Waals surface area contributed by atoms with Gasteiger partial charge in [-0.2, -0.15) is 0 Å². The molecule has 1 aromatic rings. The Kier molecular flexibility index (Phi) is 2.90. The van der Waals surface area contributed by atoms with Crippen LogP contribution in [0.5, 0.6) is 0 Å². The molecule has 1 aromatic carbocycles. The lowest BCUT2D eigenvalue weighted by atomic mass is 9.66. The van der Waals surface area contributed by atoms with Crippen molar-refractivity contribution in [1.82, 2.24) is 0 Å². The number of carbonyl (C=O) groups excluding carboxylic acids is 2. The molecule has 1 aliphatic heterocycles. The SMILES string of the molecule is C#Cc1ccc(NC(=O)[C@@]23CC[C@](C)(C(=O)O2)C3(C)C)cc1. The number of anilines is 1. The molecule has 0 aromatic heterocycles. The van der Waals surface area contributed by atoms with E-state index in [2.05, 4.69) is 11.2 Å². The number of terminal acetylenes is 1. The van der Waals surface area contributed by atoms with Crippen LogP contribution in [0.1, 0.15) is 39.2 Å². The molecule has 4 heteroatoms. The van der Waals surface area contributed by atoms with Gasteiger partial charge in [-0.15, -0.1) is 6.42 Å². The second-order valence-electron chi connectivity index (χ2n) is 6.85. The predicted molar refractivity (Wildman–Crippen MR) is 83.0 cm³/mol. The lowest BCUT2D eigenvalue weighted by Gasteiger charge is -2.35. The summed E-state index contributed by atoms with van der Waals surface area (Å²) in [6.07, 6.45) is 6.54. The number of nitrogens with one attached hydrogen (secondary N) is 1. The van der Waals surface area contributed by atoms with Crippen molar-refractivity contribution in [3.05, 3.63) is 29.8 Å². The first-order chi connectivity index (χ1) is 10.3. The van der Waals surface area contributed by atoms with Crippen LogP contribution in [0.15, 0.2) is 24.3 Å². The van der Waals surface area contributed by atoms with Gasteiger partial charge in [-0.05, 0) is 44.0 Å². The molecule has 2 atom stereocenters. The fraction of sp³-hybridized carbons (Fsp3) is 0.444. The summed E-state index contributed by atoms with van der Waals surface area (Å²) in [5.41, 5.74) is -0.843. The van der Waals surface area contributed by atoms with Crippen molar-refractivity contribution in [3.8, 4) is 12.3 Å².